The molecule has 1 atom stereocenters. The zero-order valence-corrected chi connectivity index (χ0v) is 12.3. The Labute approximate surface area is 123 Å². The molecule has 1 saturated carbocycles. The first-order valence-electron chi connectivity index (χ1n) is 7.13. The lowest BCUT2D eigenvalue weighted by Crippen LogP contribution is -2.43. The molecule has 1 saturated heterocycles. The maximum atomic E-state index is 12.3. The van der Waals surface area contributed by atoms with Gasteiger partial charge in [0.25, 0.3) is 0 Å². The van der Waals surface area contributed by atoms with Gasteiger partial charge >= 0.3 is 0 Å². The molecule has 2 N–H and O–H groups in total. The molecule has 6 nitrogen and oxygen atoms in total. The highest BCUT2D eigenvalue weighted by atomic mass is 16.2. The van der Waals surface area contributed by atoms with E-state index in [1.807, 2.05) is 13.8 Å². The highest BCUT2D eigenvalue weighted by Crippen LogP contribution is 2.35. The van der Waals surface area contributed by atoms with Crippen LogP contribution < -0.4 is 5.32 Å². The molecule has 6 heteroatoms. The van der Waals surface area contributed by atoms with E-state index < -0.39 is 5.92 Å². The van der Waals surface area contributed by atoms with Gasteiger partial charge in [-0.3, -0.25) is 24.5 Å². The van der Waals surface area contributed by atoms with Crippen molar-refractivity contribution in [1.29, 1.82) is 5.41 Å². The molecule has 0 radical (unpaired) electrons. The Kier molecular flexibility index (Phi) is 4.07. The lowest BCUT2D eigenvalue weighted by molar-refractivity contribution is -0.135. The normalized spacial score (nSPS) is 26.7. The average Bonchev–Trinajstić information content (AvgIpc) is 2.23. The van der Waals surface area contributed by atoms with Gasteiger partial charge in [0.2, 0.25) is 11.8 Å². The van der Waals surface area contributed by atoms with Crippen molar-refractivity contribution in [3.63, 3.8) is 0 Å². The maximum absolute atomic E-state index is 12.3. The predicted octanol–water partition coefficient (Wildman–Crippen LogP) is 1.02. The van der Waals surface area contributed by atoms with E-state index in [2.05, 4.69) is 5.32 Å². The second-order valence-electron chi connectivity index (χ2n) is 6.86. The summed E-state index contributed by atoms with van der Waals surface area (Å²) in [5.41, 5.74) is -0.112. The highest BCUT2D eigenvalue weighted by molar-refractivity contribution is 6.21. The van der Waals surface area contributed by atoms with Crippen LogP contribution in [0.15, 0.2) is 0 Å². The van der Waals surface area contributed by atoms with Crippen molar-refractivity contribution in [2.75, 3.05) is 0 Å². The number of piperidine rings is 1. The third-order valence-electron chi connectivity index (χ3n) is 4.03. The number of nitrogens with one attached hydrogen (secondary N) is 2. The SMILES string of the molecule is CC1(C)CC(=N)C(C(=O)CC2CC(=O)NC(=O)C2)C(=O)C1. The molecule has 0 aromatic carbocycles. The number of carbonyl (C=O) groups excluding carboxylic acids is 4. The second kappa shape index (κ2) is 5.50. The van der Waals surface area contributed by atoms with Crippen LogP contribution in [0.4, 0.5) is 0 Å². The number of carbonyl (C=O) groups is 4. The van der Waals surface area contributed by atoms with Crippen LogP contribution in [0.1, 0.15) is 46.0 Å². The van der Waals surface area contributed by atoms with Crippen molar-refractivity contribution in [2.45, 2.75) is 46.0 Å². The molecular formula is C15H20N2O4. The molecule has 1 aliphatic carbocycles. The molecule has 0 aromatic heterocycles. The fraction of sp³-hybridized carbons (Fsp3) is 0.667. The summed E-state index contributed by atoms with van der Waals surface area (Å²) >= 11 is 0. The first-order valence-corrected chi connectivity index (χ1v) is 7.13. The minimum Gasteiger partial charge on any atom is -0.308 e. The summed E-state index contributed by atoms with van der Waals surface area (Å²) in [6.45, 7) is 3.81. The van der Waals surface area contributed by atoms with E-state index in [1.54, 1.807) is 0 Å². The van der Waals surface area contributed by atoms with Crippen LogP contribution in [-0.2, 0) is 19.2 Å². The summed E-state index contributed by atoms with van der Waals surface area (Å²) in [6.07, 6.45) is 0.974. The van der Waals surface area contributed by atoms with Gasteiger partial charge in [0.1, 0.15) is 17.5 Å². The van der Waals surface area contributed by atoms with Crippen molar-refractivity contribution in [3.8, 4) is 0 Å². The fourth-order valence-corrected chi connectivity index (χ4v) is 3.22. The zero-order valence-electron chi connectivity index (χ0n) is 12.3. The van der Waals surface area contributed by atoms with Gasteiger partial charge in [0, 0.05) is 31.4 Å². The fourth-order valence-electron chi connectivity index (χ4n) is 3.22. The van der Waals surface area contributed by atoms with Crippen molar-refractivity contribution < 1.29 is 19.2 Å². The van der Waals surface area contributed by atoms with E-state index in [1.165, 1.54) is 0 Å². The van der Waals surface area contributed by atoms with Gasteiger partial charge in [-0.2, -0.15) is 0 Å². The molecule has 2 amide bonds. The second-order valence-corrected chi connectivity index (χ2v) is 6.86. The number of hydrogen-bond acceptors (Lipinski definition) is 5. The van der Waals surface area contributed by atoms with Crippen LogP contribution in [0.25, 0.3) is 0 Å². The Balaban J connectivity index is 2.03. The Hall–Kier alpha value is -1.85. The largest absolute Gasteiger partial charge is 0.308 e. The summed E-state index contributed by atoms with van der Waals surface area (Å²) in [7, 11) is 0. The zero-order chi connectivity index (χ0) is 15.8. The van der Waals surface area contributed by atoms with Gasteiger partial charge in [0.15, 0.2) is 0 Å². The van der Waals surface area contributed by atoms with Crippen molar-refractivity contribution in [2.24, 2.45) is 17.3 Å². The van der Waals surface area contributed by atoms with Crippen LogP contribution in [0.3, 0.4) is 0 Å². The number of Topliss-reactive ketones (excluding diaryl/α,β-unsaturated/α-hetero) is 2. The van der Waals surface area contributed by atoms with Crippen LogP contribution in [0.5, 0.6) is 0 Å². The van der Waals surface area contributed by atoms with Crippen molar-refractivity contribution in [1.82, 2.24) is 5.32 Å². The molecule has 21 heavy (non-hydrogen) atoms. The molecule has 2 fully saturated rings. The molecule has 2 aliphatic rings. The van der Waals surface area contributed by atoms with Crippen LogP contribution >= 0.6 is 0 Å². The minimum atomic E-state index is -0.974. The number of hydrogen-bond donors (Lipinski definition) is 2. The third kappa shape index (κ3) is 3.62. The van der Waals surface area contributed by atoms with Gasteiger partial charge < -0.3 is 5.41 Å². The quantitative estimate of drug-likeness (QED) is 0.598. The average molecular weight is 292 g/mol. The standard InChI is InChI=1S/C15H20N2O4/c1-15(2)6-9(16)14(11(19)7-15)10(18)3-8-4-12(20)17-13(21)5-8/h8,14,16H,3-7H2,1-2H3,(H,17,20,21). The molecule has 114 valence electrons. The molecule has 1 heterocycles. The first kappa shape index (κ1) is 15.5. The lowest BCUT2D eigenvalue weighted by atomic mass is 9.69. The number of imide groups is 1. The number of ketones is 2. The number of rotatable bonds is 3. The van der Waals surface area contributed by atoms with Crippen molar-refractivity contribution >= 4 is 29.1 Å². The summed E-state index contributed by atoms with van der Waals surface area (Å²) in [5, 5.41) is 10.2. The van der Waals surface area contributed by atoms with Gasteiger partial charge in [0.05, 0.1) is 0 Å². The molecular weight excluding hydrogens is 272 g/mol. The Morgan fingerprint density at radius 1 is 1.19 bits per heavy atom. The van der Waals surface area contributed by atoms with E-state index in [0.29, 0.717) is 6.42 Å². The van der Waals surface area contributed by atoms with E-state index in [0.717, 1.165) is 0 Å². The maximum Gasteiger partial charge on any atom is 0.226 e. The third-order valence-corrected chi connectivity index (χ3v) is 4.03. The Morgan fingerprint density at radius 2 is 1.76 bits per heavy atom. The first-order chi connectivity index (χ1) is 9.68. The lowest BCUT2D eigenvalue weighted by Gasteiger charge is -2.33. The van der Waals surface area contributed by atoms with Gasteiger partial charge in [-0.05, 0) is 17.8 Å². The summed E-state index contributed by atoms with van der Waals surface area (Å²) in [6, 6.07) is 0. The van der Waals surface area contributed by atoms with Crippen LogP contribution in [-0.4, -0.2) is 29.1 Å². The van der Waals surface area contributed by atoms with Gasteiger partial charge in [-0.15, -0.1) is 0 Å². The molecule has 0 aromatic rings. The monoisotopic (exact) mass is 292 g/mol. The Bertz CT molecular complexity index is 500. The molecule has 2 rings (SSSR count). The van der Waals surface area contributed by atoms with Gasteiger partial charge in [-0.1, -0.05) is 13.8 Å². The highest BCUT2D eigenvalue weighted by Gasteiger charge is 2.41. The summed E-state index contributed by atoms with van der Waals surface area (Å²) in [5.74, 6) is -2.63. The molecule has 1 unspecified atom stereocenters. The number of amides is 2. The topological polar surface area (TPSA) is 104 Å². The summed E-state index contributed by atoms with van der Waals surface area (Å²) in [4.78, 5) is 47.0. The molecule has 1 aliphatic heterocycles. The van der Waals surface area contributed by atoms with E-state index >= 15 is 0 Å². The smallest absolute Gasteiger partial charge is 0.226 e. The van der Waals surface area contributed by atoms with Crippen molar-refractivity contribution in [3.05, 3.63) is 0 Å². The van der Waals surface area contributed by atoms with Crippen LogP contribution in [0.2, 0.25) is 0 Å². The summed E-state index contributed by atoms with van der Waals surface area (Å²) < 4.78 is 0. The predicted molar refractivity (Wildman–Crippen MR) is 74.7 cm³/mol. The molecule has 0 bridgehead atoms. The minimum absolute atomic E-state index is 0.0123. The van der Waals surface area contributed by atoms with E-state index in [-0.39, 0.29) is 66.1 Å². The van der Waals surface area contributed by atoms with E-state index in [4.69, 9.17) is 5.41 Å². The van der Waals surface area contributed by atoms with Gasteiger partial charge in [-0.25, -0.2) is 0 Å². The van der Waals surface area contributed by atoms with E-state index in [9.17, 15) is 19.2 Å². The molecule has 0 spiro atoms. The van der Waals surface area contributed by atoms with Crippen LogP contribution in [0, 0.1) is 22.7 Å². The Morgan fingerprint density at radius 3 is 2.29 bits per heavy atom.